The number of thioether (sulfide) groups is 1. The summed E-state index contributed by atoms with van der Waals surface area (Å²) in [5, 5.41) is 28.7. The summed E-state index contributed by atoms with van der Waals surface area (Å²) in [6, 6.07) is 2.51. The van der Waals surface area contributed by atoms with Crippen LogP contribution < -0.4 is 45.9 Å². The summed E-state index contributed by atoms with van der Waals surface area (Å²) in [6.07, 6.45) is 3.94. The van der Waals surface area contributed by atoms with Crippen LogP contribution in [0.1, 0.15) is 19.1 Å². The SMILES string of the molecule is Nc1nc(C(=NO)C(=O)N[C@@H]2C(=O)N3C(C(=O)O)=C(C(Cc4ccncc4)=C4CCNC4=O)CS[C@H]23)cs1.[H-].[Na+]. The van der Waals surface area contributed by atoms with Crippen molar-refractivity contribution in [3.8, 4) is 0 Å². The first-order chi connectivity index (χ1) is 18.3. The Labute approximate surface area is 253 Å². The normalized spacial score (nSPS) is 21.9. The van der Waals surface area contributed by atoms with E-state index in [-0.39, 0.29) is 65.6 Å². The van der Waals surface area contributed by atoms with Crippen LogP contribution in [-0.2, 0) is 25.6 Å². The van der Waals surface area contributed by atoms with Gasteiger partial charge >= 0.3 is 35.5 Å². The number of nitrogens with zero attached hydrogens (tertiary/aromatic N) is 4. The number of carboxylic acids is 1. The van der Waals surface area contributed by atoms with Crippen LogP contribution in [0.2, 0.25) is 0 Å². The summed E-state index contributed by atoms with van der Waals surface area (Å²) in [4.78, 5) is 60.1. The van der Waals surface area contributed by atoms with E-state index >= 15 is 0 Å². The molecule has 3 aliphatic heterocycles. The number of nitrogens with two attached hydrogens (primary N) is 1. The fourth-order valence-electron chi connectivity index (χ4n) is 4.58. The number of thiazole rings is 1. The molecular weight excluding hydrogens is 557 g/mol. The number of carboxylic acid groups (broad SMARTS) is 1. The standard InChI is InChI=1S/C23H21N7O6S2.Na.H/c24-23-27-14(9-38-23)15(29-36)19(32)28-16-20(33)30-17(22(34)35)13(8-37-21(16)30)12(11-3-6-26-18(11)31)7-10-1-4-25-5-2-10;;/h1-2,4-5,9,16,21,36H,3,6-8H2,(H2,24,27)(H,26,31)(H,28,32)(H,34,35);;/q;+1;-1/t16-,21-;;/m1../s1. The second-order valence-electron chi connectivity index (χ2n) is 8.51. The van der Waals surface area contributed by atoms with Gasteiger partial charge in [-0.2, -0.15) is 0 Å². The first-order valence-corrected chi connectivity index (χ1v) is 13.3. The maximum Gasteiger partial charge on any atom is 1.00 e. The van der Waals surface area contributed by atoms with E-state index in [1.165, 1.54) is 17.1 Å². The molecule has 0 spiro atoms. The Kier molecular flexibility index (Phi) is 8.76. The van der Waals surface area contributed by atoms with Gasteiger partial charge in [0.05, 0.1) is 0 Å². The van der Waals surface area contributed by atoms with E-state index in [1.54, 1.807) is 24.5 Å². The number of aromatic nitrogens is 2. The number of aliphatic carboxylic acids is 1. The van der Waals surface area contributed by atoms with E-state index in [9.17, 15) is 29.5 Å². The molecule has 0 aliphatic carbocycles. The molecule has 0 saturated carbocycles. The average Bonchev–Trinajstić information content (AvgIpc) is 3.53. The molecule has 16 heteroatoms. The molecule has 0 radical (unpaired) electrons. The summed E-state index contributed by atoms with van der Waals surface area (Å²) in [6.45, 7) is 0.440. The van der Waals surface area contributed by atoms with E-state index in [2.05, 4.69) is 25.8 Å². The molecule has 5 heterocycles. The third-order valence-electron chi connectivity index (χ3n) is 6.33. The summed E-state index contributed by atoms with van der Waals surface area (Å²) in [5.74, 6) is -2.87. The molecule has 3 amide bonds. The Hall–Kier alpha value is -3.24. The monoisotopic (exact) mass is 579 g/mol. The average molecular weight is 580 g/mol. The van der Waals surface area contributed by atoms with Crippen LogP contribution >= 0.6 is 23.1 Å². The molecule has 0 aromatic carbocycles. The largest absolute Gasteiger partial charge is 1.00 e. The van der Waals surface area contributed by atoms with Gasteiger partial charge in [0, 0.05) is 35.6 Å². The van der Waals surface area contributed by atoms with Gasteiger partial charge in [-0.3, -0.25) is 24.3 Å². The van der Waals surface area contributed by atoms with Crippen molar-refractivity contribution in [2.45, 2.75) is 24.3 Å². The molecule has 6 N–H and O–H groups in total. The predicted octanol–water partition coefficient (Wildman–Crippen LogP) is -2.79. The molecule has 2 aromatic rings. The minimum absolute atomic E-state index is 0. The van der Waals surface area contributed by atoms with Crippen LogP contribution in [0, 0.1) is 0 Å². The number of oxime groups is 1. The van der Waals surface area contributed by atoms with Crippen LogP contribution in [0.3, 0.4) is 0 Å². The van der Waals surface area contributed by atoms with Gasteiger partial charge in [0.15, 0.2) is 10.8 Å². The summed E-state index contributed by atoms with van der Waals surface area (Å²) in [7, 11) is 0. The smallest absolute Gasteiger partial charge is 1.00 e. The van der Waals surface area contributed by atoms with Gasteiger partial charge in [-0.25, -0.2) is 9.78 Å². The molecule has 2 saturated heterocycles. The van der Waals surface area contributed by atoms with Gasteiger partial charge in [-0.1, -0.05) is 5.16 Å². The molecule has 0 unspecified atom stereocenters. The predicted molar refractivity (Wildman–Crippen MR) is 138 cm³/mol. The Balaban J connectivity index is 0.00000220. The fraction of sp³-hybridized carbons (Fsp3) is 0.261. The van der Waals surface area contributed by atoms with Crippen molar-refractivity contribution in [1.82, 2.24) is 25.5 Å². The second-order valence-corrected chi connectivity index (χ2v) is 10.5. The van der Waals surface area contributed by atoms with Crippen molar-refractivity contribution < 1.29 is 60.5 Å². The van der Waals surface area contributed by atoms with Crippen LogP contribution in [0.4, 0.5) is 5.13 Å². The van der Waals surface area contributed by atoms with Crippen molar-refractivity contribution >= 4 is 57.6 Å². The number of nitrogens with one attached hydrogen (secondary N) is 2. The molecule has 198 valence electrons. The number of β-lactam (4-membered cyclic amide) rings is 1. The molecular formula is C23H22N7NaO6S2. The Bertz CT molecular complexity index is 1450. The molecule has 13 nitrogen and oxygen atoms in total. The first-order valence-electron chi connectivity index (χ1n) is 11.3. The zero-order chi connectivity index (χ0) is 27.0. The molecule has 2 fully saturated rings. The Morgan fingerprint density at radius 1 is 1.31 bits per heavy atom. The van der Waals surface area contributed by atoms with Crippen LogP contribution in [0.5, 0.6) is 0 Å². The zero-order valence-electron chi connectivity index (χ0n) is 21.6. The number of rotatable bonds is 7. The number of hydrogen-bond acceptors (Lipinski definition) is 11. The van der Waals surface area contributed by atoms with E-state index in [4.69, 9.17) is 5.73 Å². The van der Waals surface area contributed by atoms with Crippen LogP contribution in [0.15, 0.2) is 57.5 Å². The second kappa shape index (κ2) is 11.9. The van der Waals surface area contributed by atoms with E-state index in [1.807, 2.05) is 0 Å². The van der Waals surface area contributed by atoms with Crippen LogP contribution in [-0.4, -0.2) is 78.3 Å². The van der Waals surface area contributed by atoms with Crippen molar-refractivity contribution in [3.05, 3.63) is 63.6 Å². The Morgan fingerprint density at radius 3 is 2.64 bits per heavy atom. The molecule has 0 bridgehead atoms. The van der Waals surface area contributed by atoms with E-state index in [0.717, 1.165) is 21.8 Å². The topological polar surface area (TPSA) is 200 Å². The number of anilines is 1. The Morgan fingerprint density at radius 2 is 2.05 bits per heavy atom. The molecule has 3 aliphatic rings. The number of carbonyl (C=O) groups excluding carboxylic acids is 3. The maximum absolute atomic E-state index is 13.2. The number of nitrogen functional groups attached to an aromatic ring is 1. The quantitative estimate of drug-likeness (QED) is 0.0570. The number of carbonyl (C=O) groups is 4. The van der Waals surface area contributed by atoms with Crippen molar-refractivity contribution in [2.75, 3.05) is 18.0 Å². The number of fused-ring (bicyclic) bond motifs is 1. The van der Waals surface area contributed by atoms with Gasteiger partial charge in [-0.15, -0.1) is 23.1 Å². The molecule has 2 atom stereocenters. The van der Waals surface area contributed by atoms with Gasteiger partial charge < -0.3 is 28.1 Å². The summed E-state index contributed by atoms with van der Waals surface area (Å²) >= 11 is 2.32. The number of amides is 3. The van der Waals surface area contributed by atoms with Crippen molar-refractivity contribution in [2.24, 2.45) is 5.16 Å². The van der Waals surface area contributed by atoms with Crippen molar-refractivity contribution in [1.29, 1.82) is 0 Å². The van der Waals surface area contributed by atoms with E-state index < -0.39 is 34.9 Å². The minimum Gasteiger partial charge on any atom is -1.00 e. The van der Waals surface area contributed by atoms with Gasteiger partial charge in [0.25, 0.3) is 11.8 Å². The maximum atomic E-state index is 13.2. The van der Waals surface area contributed by atoms with Crippen LogP contribution in [0.25, 0.3) is 0 Å². The van der Waals surface area contributed by atoms with Gasteiger partial charge in [0.1, 0.15) is 22.8 Å². The first kappa shape index (κ1) is 28.8. The summed E-state index contributed by atoms with van der Waals surface area (Å²) < 4.78 is 0. The minimum atomic E-state index is -1.31. The molecule has 2 aromatic heterocycles. The summed E-state index contributed by atoms with van der Waals surface area (Å²) in [5.41, 5.74) is 7.26. The number of pyridine rings is 1. The third-order valence-corrected chi connectivity index (χ3v) is 8.28. The zero-order valence-corrected chi connectivity index (χ0v) is 24.2. The molecule has 39 heavy (non-hydrogen) atoms. The van der Waals surface area contributed by atoms with Gasteiger partial charge in [-0.05, 0) is 41.7 Å². The fourth-order valence-corrected chi connectivity index (χ4v) is 6.51. The van der Waals surface area contributed by atoms with Gasteiger partial charge in [0.2, 0.25) is 5.91 Å². The number of allylic oxidation sites excluding steroid dienone is 1. The number of hydrogen-bond donors (Lipinski definition) is 5. The third kappa shape index (κ3) is 5.45. The van der Waals surface area contributed by atoms with E-state index in [0.29, 0.717) is 29.7 Å². The molecule has 5 rings (SSSR count). The van der Waals surface area contributed by atoms with Crippen molar-refractivity contribution in [3.63, 3.8) is 0 Å².